The number of carboxylic acids is 1. The third-order valence-corrected chi connectivity index (χ3v) is 8.40. The number of nitrogens with zero attached hydrogens (tertiary/aromatic N) is 1. The molecule has 8 heteroatoms. The van der Waals surface area contributed by atoms with E-state index in [-0.39, 0.29) is 22.9 Å². The van der Waals surface area contributed by atoms with Crippen LogP contribution in [0, 0.1) is 11.8 Å². The van der Waals surface area contributed by atoms with Crippen molar-refractivity contribution in [3.05, 3.63) is 40.0 Å². The van der Waals surface area contributed by atoms with Crippen LogP contribution in [0.15, 0.2) is 18.2 Å². The second-order valence-corrected chi connectivity index (χ2v) is 12.1. The first-order valence-electron chi connectivity index (χ1n) is 12.5. The summed E-state index contributed by atoms with van der Waals surface area (Å²) in [7, 11) is 0. The van der Waals surface area contributed by atoms with Crippen LogP contribution in [0.3, 0.4) is 0 Å². The Morgan fingerprint density at radius 2 is 1.83 bits per heavy atom. The molecule has 0 spiro atoms. The van der Waals surface area contributed by atoms with Crippen LogP contribution in [0.5, 0.6) is 0 Å². The quantitative estimate of drug-likeness (QED) is 0.437. The molecule has 2 fully saturated rings. The molecular weight excluding hydrogens is 470 g/mol. The lowest BCUT2D eigenvalue weighted by Crippen LogP contribution is -2.46. The second-order valence-electron chi connectivity index (χ2n) is 11.1. The summed E-state index contributed by atoms with van der Waals surface area (Å²) in [6.07, 6.45) is 4.79. The average Bonchev–Trinajstić information content (AvgIpc) is 3.19. The second kappa shape index (κ2) is 10.3. The van der Waals surface area contributed by atoms with Gasteiger partial charge in [-0.25, -0.2) is 13.8 Å². The van der Waals surface area contributed by atoms with Crippen molar-refractivity contribution in [1.29, 1.82) is 0 Å². The van der Waals surface area contributed by atoms with E-state index in [2.05, 4.69) is 5.32 Å². The number of halogens is 2. The maximum absolute atomic E-state index is 13.8. The number of carbonyl (C=O) groups excluding carboxylic acids is 1. The Bertz CT molecular complexity index is 1080. The fraction of sp³-hybridized carbons (Fsp3) is 0.593. The fourth-order valence-electron chi connectivity index (χ4n) is 5.00. The van der Waals surface area contributed by atoms with Crippen LogP contribution in [-0.4, -0.2) is 28.0 Å². The highest BCUT2D eigenvalue weighted by atomic mass is 32.1. The number of aliphatic carboxylic acids is 1. The summed E-state index contributed by atoms with van der Waals surface area (Å²) >= 11 is 1.25. The van der Waals surface area contributed by atoms with E-state index in [1.165, 1.54) is 36.7 Å². The van der Waals surface area contributed by atoms with E-state index in [0.29, 0.717) is 29.3 Å². The number of hydrogen-bond donors (Lipinski definition) is 2. The zero-order valence-electron chi connectivity index (χ0n) is 20.6. The molecule has 2 aliphatic rings. The third-order valence-electron chi connectivity index (χ3n) is 7.26. The van der Waals surface area contributed by atoms with Crippen LogP contribution in [0.25, 0.3) is 10.4 Å². The molecule has 2 N–H and O–H groups in total. The molecule has 4 rings (SSSR count). The highest BCUT2D eigenvalue weighted by Crippen LogP contribution is 2.39. The normalized spacial score (nSPS) is 21.1. The number of thiazole rings is 1. The molecule has 35 heavy (non-hydrogen) atoms. The van der Waals surface area contributed by atoms with E-state index in [1.807, 2.05) is 26.8 Å². The maximum atomic E-state index is 13.8. The highest BCUT2D eigenvalue weighted by Gasteiger charge is 2.36. The van der Waals surface area contributed by atoms with E-state index in [0.717, 1.165) is 35.4 Å². The number of nitrogens with one attached hydrogen (secondary N) is 1. The van der Waals surface area contributed by atoms with Gasteiger partial charge in [0.15, 0.2) is 5.01 Å². The van der Waals surface area contributed by atoms with Crippen LogP contribution in [-0.2, 0) is 16.6 Å². The van der Waals surface area contributed by atoms with Crippen molar-refractivity contribution in [2.24, 2.45) is 11.8 Å². The highest BCUT2D eigenvalue weighted by molar-refractivity contribution is 7.17. The van der Waals surface area contributed by atoms with Gasteiger partial charge < -0.3 is 10.4 Å². The molecule has 5 nitrogen and oxygen atoms in total. The van der Waals surface area contributed by atoms with Gasteiger partial charge in [0.2, 0.25) is 0 Å². The minimum atomic E-state index is -2.59. The molecule has 0 bridgehead atoms. The molecule has 0 atom stereocenters. The molecule has 1 aromatic carbocycles. The van der Waals surface area contributed by atoms with Gasteiger partial charge in [-0.3, -0.25) is 9.59 Å². The first-order chi connectivity index (χ1) is 16.5. The van der Waals surface area contributed by atoms with E-state index in [1.54, 1.807) is 6.07 Å². The number of alkyl halides is 2. The van der Waals surface area contributed by atoms with Crippen molar-refractivity contribution in [3.8, 4) is 10.4 Å². The third kappa shape index (κ3) is 6.08. The summed E-state index contributed by atoms with van der Waals surface area (Å²) in [5.74, 6) is -1.10. The molecule has 1 aromatic heterocycles. The van der Waals surface area contributed by atoms with E-state index >= 15 is 0 Å². The van der Waals surface area contributed by atoms with Gasteiger partial charge in [0, 0.05) is 11.6 Å². The molecule has 0 unspecified atom stereocenters. The average molecular weight is 505 g/mol. The molecule has 0 saturated heterocycles. The van der Waals surface area contributed by atoms with Crippen molar-refractivity contribution in [2.45, 2.75) is 90.0 Å². The van der Waals surface area contributed by atoms with Crippen LogP contribution < -0.4 is 5.32 Å². The lowest BCUT2D eigenvalue weighted by Gasteiger charge is -2.32. The molecule has 1 heterocycles. The van der Waals surface area contributed by atoms with Gasteiger partial charge in [0.25, 0.3) is 12.3 Å². The number of carbonyl (C=O) groups is 2. The van der Waals surface area contributed by atoms with E-state index in [9.17, 15) is 18.4 Å². The molecule has 2 saturated carbocycles. The summed E-state index contributed by atoms with van der Waals surface area (Å²) in [6.45, 7) is 6.00. The van der Waals surface area contributed by atoms with Crippen molar-refractivity contribution in [2.75, 3.05) is 0 Å². The molecule has 0 radical (unpaired) electrons. The minimum Gasteiger partial charge on any atom is -0.481 e. The zero-order chi connectivity index (χ0) is 25.3. The molecule has 2 aliphatic carbocycles. The Balaban J connectivity index is 1.67. The van der Waals surface area contributed by atoms with Gasteiger partial charge in [-0.05, 0) is 59.9 Å². The summed E-state index contributed by atoms with van der Waals surface area (Å²) < 4.78 is 27.6. The SMILES string of the molecule is CC(C)(C)c1cc(-c2sc(C(=O)N[C@H]3C[C@H](C(=O)O)C3)nc2CC2CCCCC2)cc(C(F)F)c1. The lowest BCUT2D eigenvalue weighted by molar-refractivity contribution is -0.145. The predicted octanol–water partition coefficient (Wildman–Crippen LogP) is 6.76. The standard InChI is InChI=1S/C27H34F2N2O3S/c1-27(2,3)19-11-16(10-17(12-19)23(28)29)22-21(9-15-7-5-4-6-8-15)31-25(35-22)24(32)30-20-13-18(14-20)26(33)34/h10-12,15,18,20,23H,4-9,13-14H2,1-3H3,(H,30,32)(H,33,34)/t18-,20-. The van der Waals surface area contributed by atoms with Crippen LogP contribution in [0.4, 0.5) is 8.78 Å². The first kappa shape index (κ1) is 25.7. The molecule has 2 aromatic rings. The van der Waals surface area contributed by atoms with Crippen molar-refractivity contribution >= 4 is 23.2 Å². The lowest BCUT2D eigenvalue weighted by atomic mass is 9.80. The first-order valence-corrected chi connectivity index (χ1v) is 13.3. The van der Waals surface area contributed by atoms with E-state index < -0.39 is 18.3 Å². The number of aromatic nitrogens is 1. The molecular formula is C27H34F2N2O3S. The van der Waals surface area contributed by atoms with Crippen LogP contribution >= 0.6 is 11.3 Å². The van der Waals surface area contributed by atoms with E-state index in [4.69, 9.17) is 10.1 Å². The van der Waals surface area contributed by atoms with Crippen LogP contribution in [0.1, 0.15) is 98.8 Å². The number of carboxylic acid groups (broad SMARTS) is 1. The van der Waals surface area contributed by atoms with Gasteiger partial charge in [0.05, 0.1) is 16.5 Å². The van der Waals surface area contributed by atoms with Gasteiger partial charge in [-0.1, -0.05) is 52.9 Å². The number of rotatable bonds is 7. The Morgan fingerprint density at radius 1 is 1.14 bits per heavy atom. The predicted molar refractivity (Wildman–Crippen MR) is 133 cm³/mol. The summed E-state index contributed by atoms with van der Waals surface area (Å²) in [6, 6.07) is 4.88. The van der Waals surface area contributed by atoms with Gasteiger partial charge >= 0.3 is 5.97 Å². The van der Waals surface area contributed by atoms with Gasteiger partial charge in [0.1, 0.15) is 0 Å². The summed E-state index contributed by atoms with van der Waals surface area (Å²) in [5.41, 5.74) is 1.98. The molecule has 190 valence electrons. The zero-order valence-corrected chi connectivity index (χ0v) is 21.4. The number of benzene rings is 1. The fourth-order valence-corrected chi connectivity index (χ4v) is 5.99. The topological polar surface area (TPSA) is 79.3 Å². The van der Waals surface area contributed by atoms with Crippen LogP contribution in [0.2, 0.25) is 0 Å². The Labute approximate surface area is 209 Å². The largest absolute Gasteiger partial charge is 0.481 e. The van der Waals surface area contributed by atoms with Crippen molar-refractivity contribution < 1.29 is 23.5 Å². The Hall–Kier alpha value is -2.35. The molecule has 0 aliphatic heterocycles. The Morgan fingerprint density at radius 3 is 2.43 bits per heavy atom. The minimum absolute atomic E-state index is 0.0235. The van der Waals surface area contributed by atoms with Crippen molar-refractivity contribution in [3.63, 3.8) is 0 Å². The summed E-state index contributed by atoms with van der Waals surface area (Å²) in [4.78, 5) is 29.6. The maximum Gasteiger partial charge on any atom is 0.306 e. The van der Waals surface area contributed by atoms with Gasteiger partial charge in [-0.15, -0.1) is 11.3 Å². The smallest absolute Gasteiger partial charge is 0.306 e. The molecule has 1 amide bonds. The van der Waals surface area contributed by atoms with Crippen molar-refractivity contribution in [1.82, 2.24) is 10.3 Å². The Kier molecular flexibility index (Phi) is 7.60. The monoisotopic (exact) mass is 504 g/mol. The number of hydrogen-bond acceptors (Lipinski definition) is 4. The summed E-state index contributed by atoms with van der Waals surface area (Å²) in [5, 5.41) is 12.3. The van der Waals surface area contributed by atoms with Gasteiger partial charge in [-0.2, -0.15) is 0 Å². The number of amides is 1.